The van der Waals surface area contributed by atoms with Gasteiger partial charge in [-0.1, -0.05) is 6.07 Å². The molecule has 0 bridgehead atoms. The minimum absolute atomic E-state index is 0.0212. The van der Waals surface area contributed by atoms with Crippen LogP contribution in [0.2, 0.25) is 0 Å². The summed E-state index contributed by atoms with van der Waals surface area (Å²) >= 11 is 5.27. The zero-order chi connectivity index (χ0) is 23.0. The predicted octanol–water partition coefficient (Wildman–Crippen LogP) is 3.83. The van der Waals surface area contributed by atoms with Crippen LogP contribution in [0.15, 0.2) is 66.4 Å². The van der Waals surface area contributed by atoms with E-state index in [0.717, 1.165) is 11.1 Å². The van der Waals surface area contributed by atoms with E-state index in [1.165, 1.54) is 23.1 Å². The van der Waals surface area contributed by atoms with Crippen LogP contribution in [0.1, 0.15) is 16.8 Å². The second-order valence-corrected chi connectivity index (χ2v) is 7.77. The summed E-state index contributed by atoms with van der Waals surface area (Å²) < 4.78 is 1.73. The Morgan fingerprint density at radius 3 is 2.28 bits per heavy atom. The molecule has 8 nitrogen and oxygen atoms in total. The fourth-order valence-corrected chi connectivity index (χ4v) is 3.88. The van der Waals surface area contributed by atoms with Crippen LogP contribution in [0.5, 0.6) is 0 Å². The molecule has 0 spiro atoms. The zero-order valence-electron chi connectivity index (χ0n) is 17.2. The number of nitro groups is 1. The summed E-state index contributed by atoms with van der Waals surface area (Å²) in [7, 11) is 0. The summed E-state index contributed by atoms with van der Waals surface area (Å²) in [4.78, 5) is 37.7. The number of aromatic nitrogens is 1. The number of non-ortho nitro benzene ring substituents is 1. The van der Waals surface area contributed by atoms with Crippen molar-refractivity contribution in [3.05, 3.63) is 93.3 Å². The van der Waals surface area contributed by atoms with E-state index in [1.54, 1.807) is 35.0 Å². The lowest BCUT2D eigenvalue weighted by atomic mass is 10.1. The number of benzene rings is 2. The van der Waals surface area contributed by atoms with Crippen LogP contribution in [0.4, 0.5) is 11.4 Å². The van der Waals surface area contributed by atoms with Crippen molar-refractivity contribution in [2.45, 2.75) is 13.8 Å². The van der Waals surface area contributed by atoms with Gasteiger partial charge in [-0.3, -0.25) is 29.9 Å². The van der Waals surface area contributed by atoms with Crippen LogP contribution in [-0.2, 0) is 9.59 Å². The number of rotatable bonds is 4. The Morgan fingerprint density at radius 1 is 1.00 bits per heavy atom. The Balaban J connectivity index is 1.73. The van der Waals surface area contributed by atoms with Gasteiger partial charge in [0, 0.05) is 29.7 Å². The molecular weight excluding hydrogens is 428 g/mol. The van der Waals surface area contributed by atoms with Gasteiger partial charge in [0.25, 0.3) is 17.5 Å². The molecule has 1 aliphatic rings. The monoisotopic (exact) mass is 446 g/mol. The number of thiocarbonyl (C=S) groups is 1. The number of carbonyl (C=O) groups excluding carboxylic acids is 2. The first-order valence-corrected chi connectivity index (χ1v) is 10.1. The molecule has 0 radical (unpaired) electrons. The Morgan fingerprint density at radius 2 is 1.66 bits per heavy atom. The molecule has 1 N–H and O–H groups in total. The van der Waals surface area contributed by atoms with Crippen molar-refractivity contribution >= 4 is 46.6 Å². The first-order valence-electron chi connectivity index (χ1n) is 9.66. The minimum Gasteiger partial charge on any atom is -0.317 e. The van der Waals surface area contributed by atoms with Gasteiger partial charge in [-0.15, -0.1) is 0 Å². The second-order valence-electron chi connectivity index (χ2n) is 7.38. The standard InChI is InChI=1S/C23H18N4O4S/c1-14-10-15(2)12-19(11-14)26-22(29)20(21(28)24-23(26)32)13-18-4-3-9-25(18)16-5-7-17(8-6-16)27(30)31/h3-13H,1-2H3,(H,24,28,32)/b20-13+. The summed E-state index contributed by atoms with van der Waals surface area (Å²) in [5.74, 6) is -1.11. The third-order valence-electron chi connectivity index (χ3n) is 4.98. The predicted molar refractivity (Wildman–Crippen MR) is 125 cm³/mol. The number of nitro benzene ring substituents is 1. The van der Waals surface area contributed by atoms with E-state index in [4.69, 9.17) is 12.2 Å². The Labute approximate surface area is 188 Å². The van der Waals surface area contributed by atoms with Gasteiger partial charge in [0.15, 0.2) is 5.11 Å². The van der Waals surface area contributed by atoms with Crippen molar-refractivity contribution in [2.24, 2.45) is 0 Å². The van der Waals surface area contributed by atoms with Gasteiger partial charge in [-0.25, -0.2) is 0 Å². The van der Waals surface area contributed by atoms with Gasteiger partial charge in [0.05, 0.1) is 10.6 Å². The average Bonchev–Trinajstić information content (AvgIpc) is 3.18. The maximum absolute atomic E-state index is 13.3. The highest BCUT2D eigenvalue weighted by Gasteiger charge is 2.34. The lowest BCUT2D eigenvalue weighted by Gasteiger charge is -2.29. The molecule has 0 saturated carbocycles. The summed E-state index contributed by atoms with van der Waals surface area (Å²) in [5, 5.41) is 13.5. The van der Waals surface area contributed by atoms with E-state index >= 15 is 0 Å². The molecule has 9 heteroatoms. The second kappa shape index (κ2) is 8.20. The third-order valence-corrected chi connectivity index (χ3v) is 5.26. The smallest absolute Gasteiger partial charge is 0.270 e. The fourth-order valence-electron chi connectivity index (χ4n) is 3.60. The summed E-state index contributed by atoms with van der Waals surface area (Å²) in [6, 6.07) is 15.1. The molecule has 0 aliphatic carbocycles. The van der Waals surface area contributed by atoms with Crippen LogP contribution in [-0.4, -0.2) is 26.4 Å². The number of nitrogens with one attached hydrogen (secondary N) is 1. The largest absolute Gasteiger partial charge is 0.317 e. The van der Waals surface area contributed by atoms with Gasteiger partial charge < -0.3 is 4.57 Å². The van der Waals surface area contributed by atoms with Crippen LogP contribution in [0.3, 0.4) is 0 Å². The highest BCUT2D eigenvalue weighted by Crippen LogP contribution is 2.25. The van der Waals surface area contributed by atoms with Gasteiger partial charge in [-0.2, -0.15) is 0 Å². The number of amides is 2. The molecule has 2 amide bonds. The van der Waals surface area contributed by atoms with E-state index < -0.39 is 16.7 Å². The van der Waals surface area contributed by atoms with Crippen molar-refractivity contribution in [3.8, 4) is 5.69 Å². The van der Waals surface area contributed by atoms with E-state index in [2.05, 4.69) is 5.32 Å². The molecule has 2 heterocycles. The number of anilines is 1. The van der Waals surface area contributed by atoms with Crippen molar-refractivity contribution in [1.29, 1.82) is 0 Å². The van der Waals surface area contributed by atoms with Crippen molar-refractivity contribution in [1.82, 2.24) is 9.88 Å². The average molecular weight is 446 g/mol. The summed E-state index contributed by atoms with van der Waals surface area (Å²) in [6.45, 7) is 3.83. The number of carbonyl (C=O) groups is 2. The molecule has 1 aromatic heterocycles. The molecule has 0 atom stereocenters. The minimum atomic E-state index is -0.586. The number of aryl methyl sites for hydroxylation is 2. The SMILES string of the molecule is Cc1cc(C)cc(N2C(=O)/C(=C/c3cccn3-c3ccc([N+](=O)[O-])cc3)C(=O)NC2=S)c1. The van der Waals surface area contributed by atoms with Crippen LogP contribution in [0, 0.1) is 24.0 Å². The molecule has 1 aliphatic heterocycles. The lowest BCUT2D eigenvalue weighted by Crippen LogP contribution is -2.54. The molecule has 32 heavy (non-hydrogen) atoms. The highest BCUT2D eigenvalue weighted by atomic mass is 32.1. The Kier molecular flexibility index (Phi) is 5.41. The van der Waals surface area contributed by atoms with Crippen LogP contribution in [0.25, 0.3) is 11.8 Å². The maximum Gasteiger partial charge on any atom is 0.270 e. The van der Waals surface area contributed by atoms with E-state index in [-0.39, 0.29) is 16.4 Å². The fraction of sp³-hybridized carbons (Fsp3) is 0.0870. The molecule has 1 fully saturated rings. The third kappa shape index (κ3) is 3.93. The summed E-state index contributed by atoms with van der Waals surface area (Å²) in [5.41, 5.74) is 3.62. The first kappa shape index (κ1) is 21.1. The van der Waals surface area contributed by atoms with Crippen molar-refractivity contribution in [3.63, 3.8) is 0 Å². The van der Waals surface area contributed by atoms with Crippen LogP contribution < -0.4 is 10.2 Å². The van der Waals surface area contributed by atoms with E-state index in [0.29, 0.717) is 17.1 Å². The van der Waals surface area contributed by atoms with E-state index in [1.807, 2.05) is 32.0 Å². The Bertz CT molecular complexity index is 1290. The number of hydrogen-bond acceptors (Lipinski definition) is 5. The van der Waals surface area contributed by atoms with Gasteiger partial charge in [0.2, 0.25) is 0 Å². The van der Waals surface area contributed by atoms with Crippen molar-refractivity contribution in [2.75, 3.05) is 4.90 Å². The van der Waals surface area contributed by atoms with Gasteiger partial charge in [-0.05, 0) is 79.7 Å². The van der Waals surface area contributed by atoms with Gasteiger partial charge in [0.1, 0.15) is 5.57 Å². The maximum atomic E-state index is 13.3. The molecule has 0 unspecified atom stereocenters. The highest BCUT2D eigenvalue weighted by molar-refractivity contribution is 7.80. The van der Waals surface area contributed by atoms with Crippen LogP contribution >= 0.6 is 12.2 Å². The molecular formula is C23H18N4O4S. The molecule has 4 rings (SSSR count). The first-order chi connectivity index (χ1) is 15.2. The molecule has 2 aromatic carbocycles. The Hall–Kier alpha value is -4.11. The number of nitrogens with zero attached hydrogens (tertiary/aromatic N) is 3. The van der Waals surface area contributed by atoms with Gasteiger partial charge >= 0.3 is 0 Å². The number of hydrogen-bond donors (Lipinski definition) is 1. The normalized spacial score (nSPS) is 15.2. The van der Waals surface area contributed by atoms with Crippen molar-refractivity contribution < 1.29 is 14.5 Å². The van der Waals surface area contributed by atoms with E-state index in [9.17, 15) is 19.7 Å². The lowest BCUT2D eigenvalue weighted by molar-refractivity contribution is -0.384. The summed E-state index contributed by atoms with van der Waals surface area (Å²) in [6.07, 6.45) is 3.22. The molecule has 1 saturated heterocycles. The molecule has 3 aromatic rings. The quantitative estimate of drug-likeness (QED) is 0.216. The molecule has 160 valence electrons. The zero-order valence-corrected chi connectivity index (χ0v) is 18.1. The topological polar surface area (TPSA) is 97.5 Å².